The molecule has 1 atom stereocenters. The van der Waals surface area contributed by atoms with E-state index in [1.54, 1.807) is 0 Å². The second-order valence-electron chi connectivity index (χ2n) is 5.72. The molecule has 0 N–H and O–H groups in total. The number of hydrogen-bond acceptors (Lipinski definition) is 1. The Labute approximate surface area is 118 Å². The predicted molar refractivity (Wildman–Crippen MR) is 83.1 cm³/mol. The molecule has 0 radical (unpaired) electrons. The minimum atomic E-state index is 0.773. The molecule has 0 bridgehead atoms. The van der Waals surface area contributed by atoms with E-state index in [4.69, 9.17) is 0 Å². The lowest BCUT2D eigenvalue weighted by atomic mass is 9.97. The standard InChI is InChI=1S/C18H27N/c1-2-3-4-6-10-18-13-9-14-19(16-18)15-17-11-7-5-8-12-17/h5,7-9,11-13,18H,2-4,6,10,14-16H2,1H3. The summed E-state index contributed by atoms with van der Waals surface area (Å²) in [6.07, 6.45) is 11.7. The molecule has 1 unspecified atom stereocenters. The predicted octanol–water partition coefficient (Wildman–Crippen LogP) is 4.65. The van der Waals surface area contributed by atoms with E-state index in [-0.39, 0.29) is 0 Å². The first kappa shape index (κ1) is 14.3. The van der Waals surface area contributed by atoms with E-state index in [1.165, 1.54) is 44.2 Å². The second-order valence-corrected chi connectivity index (χ2v) is 5.72. The minimum absolute atomic E-state index is 0.773. The van der Waals surface area contributed by atoms with E-state index >= 15 is 0 Å². The van der Waals surface area contributed by atoms with Crippen LogP contribution in [0.1, 0.15) is 44.6 Å². The monoisotopic (exact) mass is 257 g/mol. The van der Waals surface area contributed by atoms with Gasteiger partial charge in [-0.15, -0.1) is 0 Å². The van der Waals surface area contributed by atoms with E-state index in [9.17, 15) is 0 Å². The molecule has 1 aromatic rings. The molecule has 0 amide bonds. The third-order valence-corrected chi connectivity index (χ3v) is 3.94. The van der Waals surface area contributed by atoms with Gasteiger partial charge in [-0.1, -0.05) is 75.1 Å². The molecule has 1 aliphatic heterocycles. The van der Waals surface area contributed by atoms with Gasteiger partial charge in [-0.25, -0.2) is 0 Å². The number of benzene rings is 1. The van der Waals surface area contributed by atoms with Crippen LogP contribution in [-0.4, -0.2) is 18.0 Å². The average molecular weight is 257 g/mol. The van der Waals surface area contributed by atoms with Crippen molar-refractivity contribution in [3.05, 3.63) is 48.0 Å². The molecule has 0 fully saturated rings. The Balaban J connectivity index is 1.74. The van der Waals surface area contributed by atoms with E-state index in [2.05, 4.69) is 54.3 Å². The molecule has 19 heavy (non-hydrogen) atoms. The summed E-state index contributed by atoms with van der Waals surface area (Å²) in [5.74, 6) is 0.773. The van der Waals surface area contributed by atoms with Crippen LogP contribution >= 0.6 is 0 Å². The Morgan fingerprint density at radius 2 is 1.95 bits per heavy atom. The topological polar surface area (TPSA) is 3.24 Å². The van der Waals surface area contributed by atoms with Crippen LogP contribution in [-0.2, 0) is 6.54 Å². The first-order valence-electron chi connectivity index (χ1n) is 7.81. The Morgan fingerprint density at radius 3 is 2.74 bits per heavy atom. The molecule has 1 aromatic carbocycles. The maximum absolute atomic E-state index is 2.57. The maximum atomic E-state index is 2.57. The third-order valence-electron chi connectivity index (χ3n) is 3.94. The molecule has 104 valence electrons. The van der Waals surface area contributed by atoms with Crippen LogP contribution in [0.3, 0.4) is 0 Å². The number of rotatable bonds is 7. The third kappa shape index (κ3) is 5.20. The lowest BCUT2D eigenvalue weighted by Crippen LogP contribution is -2.31. The lowest BCUT2D eigenvalue weighted by Gasteiger charge is -2.28. The Morgan fingerprint density at radius 1 is 1.11 bits per heavy atom. The molecule has 0 saturated carbocycles. The van der Waals surface area contributed by atoms with Gasteiger partial charge in [0.15, 0.2) is 0 Å². The molecule has 0 spiro atoms. The van der Waals surface area contributed by atoms with Crippen LogP contribution in [0.15, 0.2) is 42.5 Å². The molecule has 0 aliphatic carbocycles. The van der Waals surface area contributed by atoms with Crippen molar-refractivity contribution in [2.24, 2.45) is 5.92 Å². The van der Waals surface area contributed by atoms with Gasteiger partial charge in [0, 0.05) is 19.6 Å². The number of unbranched alkanes of at least 4 members (excludes halogenated alkanes) is 3. The highest BCUT2D eigenvalue weighted by Crippen LogP contribution is 2.18. The molecule has 1 aliphatic rings. The van der Waals surface area contributed by atoms with Gasteiger partial charge in [-0.05, 0) is 17.9 Å². The lowest BCUT2D eigenvalue weighted by molar-refractivity contribution is 0.243. The Kier molecular flexibility index (Phi) is 6.16. The normalized spacial score (nSPS) is 19.7. The SMILES string of the molecule is CCCCCCC1C=CCN(Cc2ccccc2)C1. The molecule has 1 nitrogen and oxygen atoms in total. The van der Waals surface area contributed by atoms with E-state index in [0.717, 1.165) is 19.0 Å². The minimum Gasteiger partial charge on any atom is -0.295 e. The van der Waals surface area contributed by atoms with Crippen molar-refractivity contribution in [1.82, 2.24) is 4.90 Å². The first-order chi connectivity index (χ1) is 9.38. The quantitative estimate of drug-likeness (QED) is 0.508. The van der Waals surface area contributed by atoms with Gasteiger partial charge in [-0.3, -0.25) is 4.90 Å². The highest BCUT2D eigenvalue weighted by atomic mass is 15.1. The van der Waals surface area contributed by atoms with Crippen LogP contribution < -0.4 is 0 Å². The Hall–Kier alpha value is -1.08. The summed E-state index contributed by atoms with van der Waals surface area (Å²) in [7, 11) is 0. The van der Waals surface area contributed by atoms with Crippen molar-refractivity contribution in [3.63, 3.8) is 0 Å². The van der Waals surface area contributed by atoms with Crippen LogP contribution in [0, 0.1) is 5.92 Å². The number of nitrogens with zero attached hydrogens (tertiary/aromatic N) is 1. The highest BCUT2D eigenvalue weighted by molar-refractivity contribution is 5.15. The summed E-state index contributed by atoms with van der Waals surface area (Å²) < 4.78 is 0. The van der Waals surface area contributed by atoms with Crippen molar-refractivity contribution in [3.8, 4) is 0 Å². The molecule has 0 aromatic heterocycles. The second kappa shape index (κ2) is 8.16. The van der Waals surface area contributed by atoms with Crippen LogP contribution in [0.4, 0.5) is 0 Å². The van der Waals surface area contributed by atoms with Gasteiger partial charge in [0.05, 0.1) is 0 Å². The fourth-order valence-corrected chi connectivity index (χ4v) is 2.86. The zero-order valence-electron chi connectivity index (χ0n) is 12.2. The molecular weight excluding hydrogens is 230 g/mol. The summed E-state index contributed by atoms with van der Waals surface area (Å²) >= 11 is 0. The molecular formula is C18H27N. The summed E-state index contributed by atoms with van der Waals surface area (Å²) in [4.78, 5) is 2.57. The van der Waals surface area contributed by atoms with Crippen LogP contribution in [0.5, 0.6) is 0 Å². The van der Waals surface area contributed by atoms with Gasteiger partial charge in [0.1, 0.15) is 0 Å². The zero-order valence-corrected chi connectivity index (χ0v) is 12.2. The van der Waals surface area contributed by atoms with Crippen molar-refractivity contribution < 1.29 is 0 Å². The molecule has 2 rings (SSSR count). The summed E-state index contributed by atoms with van der Waals surface area (Å²) in [6, 6.07) is 10.8. The molecule has 1 heterocycles. The highest BCUT2D eigenvalue weighted by Gasteiger charge is 2.15. The summed E-state index contributed by atoms with van der Waals surface area (Å²) in [5, 5.41) is 0. The van der Waals surface area contributed by atoms with Gasteiger partial charge >= 0.3 is 0 Å². The van der Waals surface area contributed by atoms with Gasteiger partial charge in [-0.2, -0.15) is 0 Å². The van der Waals surface area contributed by atoms with E-state index in [1.807, 2.05) is 0 Å². The van der Waals surface area contributed by atoms with Crippen molar-refractivity contribution >= 4 is 0 Å². The first-order valence-corrected chi connectivity index (χ1v) is 7.81. The fraction of sp³-hybridized carbons (Fsp3) is 0.556. The summed E-state index contributed by atoms with van der Waals surface area (Å²) in [6.45, 7) is 5.72. The van der Waals surface area contributed by atoms with E-state index < -0.39 is 0 Å². The Bertz CT molecular complexity index is 369. The summed E-state index contributed by atoms with van der Waals surface area (Å²) in [5.41, 5.74) is 1.43. The van der Waals surface area contributed by atoms with Crippen molar-refractivity contribution in [1.29, 1.82) is 0 Å². The fourth-order valence-electron chi connectivity index (χ4n) is 2.86. The van der Waals surface area contributed by atoms with Gasteiger partial charge in [0.2, 0.25) is 0 Å². The largest absolute Gasteiger partial charge is 0.295 e. The van der Waals surface area contributed by atoms with Crippen molar-refractivity contribution in [2.45, 2.75) is 45.6 Å². The van der Waals surface area contributed by atoms with Gasteiger partial charge < -0.3 is 0 Å². The average Bonchev–Trinajstić information content (AvgIpc) is 2.45. The smallest absolute Gasteiger partial charge is 0.0237 e. The zero-order chi connectivity index (χ0) is 13.3. The maximum Gasteiger partial charge on any atom is 0.0237 e. The van der Waals surface area contributed by atoms with Crippen molar-refractivity contribution in [2.75, 3.05) is 13.1 Å². The number of hydrogen-bond donors (Lipinski definition) is 0. The van der Waals surface area contributed by atoms with Gasteiger partial charge in [0.25, 0.3) is 0 Å². The molecule has 0 saturated heterocycles. The van der Waals surface area contributed by atoms with Crippen LogP contribution in [0.25, 0.3) is 0 Å². The van der Waals surface area contributed by atoms with E-state index in [0.29, 0.717) is 0 Å². The molecule has 1 heteroatoms. The van der Waals surface area contributed by atoms with Crippen LogP contribution in [0.2, 0.25) is 0 Å².